The first kappa shape index (κ1) is 21.0. The first-order valence-corrected chi connectivity index (χ1v) is 8.19. The van der Waals surface area contributed by atoms with Crippen molar-refractivity contribution in [2.75, 3.05) is 20.8 Å². The Bertz CT molecular complexity index is 827. The number of aryl methyl sites for hydroxylation is 1. The molecule has 0 aliphatic carbocycles. The van der Waals surface area contributed by atoms with Crippen molar-refractivity contribution in [3.05, 3.63) is 57.5 Å². The third-order valence-corrected chi connectivity index (χ3v) is 3.49. The van der Waals surface area contributed by atoms with Crippen LogP contribution in [0.4, 0.5) is 0 Å². The van der Waals surface area contributed by atoms with Gasteiger partial charge < -0.3 is 19.8 Å². The van der Waals surface area contributed by atoms with Gasteiger partial charge in [-0.25, -0.2) is 0 Å². The third-order valence-electron chi connectivity index (χ3n) is 3.49. The molecule has 0 aliphatic rings. The predicted octanol–water partition coefficient (Wildman–Crippen LogP) is 2.34. The van der Waals surface area contributed by atoms with E-state index in [0.29, 0.717) is 22.6 Å². The zero-order valence-electron chi connectivity index (χ0n) is 15.6. The fourth-order valence-electron chi connectivity index (χ4n) is 2.14. The molecule has 2 aromatic rings. The Balaban J connectivity index is 0.00000163. The van der Waals surface area contributed by atoms with E-state index in [1.165, 1.54) is 32.7 Å². The standard InChI is InChI=1S/C17H18N2O5.C2H6/c1-10-7-18-8-12(16(10)21)13(20)9-19-17(22)11-4-5-14(23-2)15(6-11)24-3;1-2/h4-8H,9H2,1-3H3,(H,18,21)(H,19,22);1-2H3. The number of hydrogen-bond acceptors (Lipinski definition) is 5. The maximum absolute atomic E-state index is 12.2. The van der Waals surface area contributed by atoms with Gasteiger partial charge in [0.05, 0.1) is 26.3 Å². The van der Waals surface area contributed by atoms with E-state index < -0.39 is 11.7 Å². The number of H-pyrrole nitrogens is 1. The number of carbonyl (C=O) groups is 2. The van der Waals surface area contributed by atoms with Crippen LogP contribution in [0.2, 0.25) is 0 Å². The molecular weight excluding hydrogens is 336 g/mol. The topological polar surface area (TPSA) is 97.5 Å². The second-order valence-corrected chi connectivity index (χ2v) is 5.06. The molecule has 0 unspecified atom stereocenters. The number of methoxy groups -OCH3 is 2. The van der Waals surface area contributed by atoms with Gasteiger partial charge in [-0.1, -0.05) is 13.8 Å². The summed E-state index contributed by atoms with van der Waals surface area (Å²) in [5, 5.41) is 2.50. The smallest absolute Gasteiger partial charge is 0.251 e. The zero-order valence-corrected chi connectivity index (χ0v) is 15.6. The molecule has 0 atom stereocenters. The van der Waals surface area contributed by atoms with E-state index in [0.717, 1.165) is 0 Å². The third kappa shape index (κ3) is 4.95. The van der Waals surface area contributed by atoms with Crippen molar-refractivity contribution in [1.82, 2.24) is 10.3 Å². The fourth-order valence-corrected chi connectivity index (χ4v) is 2.14. The SMILES string of the molecule is CC.COc1ccc(C(=O)NCC(=O)c2c[nH]cc(C)c2=O)cc1OC. The number of hydrogen-bond donors (Lipinski definition) is 2. The van der Waals surface area contributed by atoms with Crippen LogP contribution in [-0.4, -0.2) is 37.4 Å². The van der Waals surface area contributed by atoms with Crippen LogP contribution in [0.3, 0.4) is 0 Å². The number of amides is 1. The van der Waals surface area contributed by atoms with Crippen molar-refractivity contribution in [2.45, 2.75) is 20.8 Å². The highest BCUT2D eigenvalue weighted by atomic mass is 16.5. The van der Waals surface area contributed by atoms with Gasteiger partial charge in [0.25, 0.3) is 5.91 Å². The average Bonchev–Trinajstić information content (AvgIpc) is 2.68. The van der Waals surface area contributed by atoms with Crippen LogP contribution in [0.15, 0.2) is 35.4 Å². The van der Waals surface area contributed by atoms with Crippen molar-refractivity contribution < 1.29 is 19.1 Å². The number of Topliss-reactive ketones (excluding diaryl/α,β-unsaturated/α-hetero) is 1. The van der Waals surface area contributed by atoms with Crippen LogP contribution in [0, 0.1) is 6.92 Å². The molecule has 2 N–H and O–H groups in total. The summed E-state index contributed by atoms with van der Waals surface area (Å²) in [6, 6.07) is 4.67. The Morgan fingerprint density at radius 1 is 1.08 bits per heavy atom. The van der Waals surface area contributed by atoms with Crippen molar-refractivity contribution in [1.29, 1.82) is 0 Å². The molecule has 26 heavy (non-hydrogen) atoms. The lowest BCUT2D eigenvalue weighted by Gasteiger charge is -2.10. The second-order valence-electron chi connectivity index (χ2n) is 5.06. The molecule has 0 spiro atoms. The number of ketones is 1. The predicted molar refractivity (Wildman–Crippen MR) is 99.4 cm³/mol. The van der Waals surface area contributed by atoms with Gasteiger partial charge in [-0.15, -0.1) is 0 Å². The van der Waals surface area contributed by atoms with E-state index in [2.05, 4.69) is 10.3 Å². The minimum atomic E-state index is -0.464. The molecule has 7 heteroatoms. The Kier molecular flexibility index (Phi) is 8.08. The van der Waals surface area contributed by atoms with E-state index in [1.807, 2.05) is 13.8 Å². The van der Waals surface area contributed by atoms with E-state index >= 15 is 0 Å². The number of rotatable bonds is 6. The minimum absolute atomic E-state index is 0.0163. The monoisotopic (exact) mass is 360 g/mol. The van der Waals surface area contributed by atoms with Crippen LogP contribution in [-0.2, 0) is 0 Å². The highest BCUT2D eigenvalue weighted by molar-refractivity contribution is 6.02. The number of carbonyl (C=O) groups excluding carboxylic acids is 2. The zero-order chi connectivity index (χ0) is 19.7. The molecule has 7 nitrogen and oxygen atoms in total. The highest BCUT2D eigenvalue weighted by Crippen LogP contribution is 2.27. The van der Waals surface area contributed by atoms with E-state index in [9.17, 15) is 14.4 Å². The van der Waals surface area contributed by atoms with Crippen molar-refractivity contribution in [3.8, 4) is 11.5 Å². The van der Waals surface area contributed by atoms with E-state index in [4.69, 9.17) is 9.47 Å². The Hall–Kier alpha value is -3.09. The Morgan fingerprint density at radius 2 is 1.73 bits per heavy atom. The van der Waals surface area contributed by atoms with Gasteiger partial charge in [0.1, 0.15) is 0 Å². The lowest BCUT2D eigenvalue weighted by Crippen LogP contribution is -2.32. The molecule has 0 saturated carbocycles. The van der Waals surface area contributed by atoms with Crippen LogP contribution in [0.1, 0.15) is 40.1 Å². The average molecular weight is 360 g/mol. The van der Waals surface area contributed by atoms with Crippen LogP contribution < -0.4 is 20.2 Å². The summed E-state index contributed by atoms with van der Waals surface area (Å²) < 4.78 is 10.2. The molecule has 0 aliphatic heterocycles. The molecule has 1 aromatic heterocycles. The molecule has 140 valence electrons. The highest BCUT2D eigenvalue weighted by Gasteiger charge is 2.15. The number of nitrogens with one attached hydrogen (secondary N) is 2. The van der Waals surface area contributed by atoms with Gasteiger partial charge >= 0.3 is 0 Å². The maximum atomic E-state index is 12.2. The van der Waals surface area contributed by atoms with Gasteiger partial charge in [-0.05, 0) is 25.1 Å². The number of benzene rings is 1. The molecule has 1 aromatic carbocycles. The van der Waals surface area contributed by atoms with Crippen LogP contribution in [0.25, 0.3) is 0 Å². The van der Waals surface area contributed by atoms with Crippen LogP contribution in [0.5, 0.6) is 11.5 Å². The molecular formula is C19H24N2O5. The van der Waals surface area contributed by atoms with E-state index in [-0.39, 0.29) is 17.5 Å². The minimum Gasteiger partial charge on any atom is -0.493 e. The summed E-state index contributed by atoms with van der Waals surface area (Å²) in [5.74, 6) is -0.00909. The summed E-state index contributed by atoms with van der Waals surface area (Å²) in [6.45, 7) is 5.33. The normalized spacial score (nSPS) is 9.58. The Morgan fingerprint density at radius 3 is 2.35 bits per heavy atom. The number of aromatic amines is 1. The number of pyridine rings is 1. The second kappa shape index (κ2) is 10.0. The number of ether oxygens (including phenoxy) is 2. The van der Waals surface area contributed by atoms with Crippen molar-refractivity contribution in [3.63, 3.8) is 0 Å². The summed E-state index contributed by atoms with van der Waals surface area (Å²) in [6.07, 6.45) is 2.85. The lowest BCUT2D eigenvalue weighted by molar-refractivity contribution is 0.0903. The molecule has 1 amide bonds. The Labute approximate surface area is 152 Å². The summed E-state index contributed by atoms with van der Waals surface area (Å²) >= 11 is 0. The van der Waals surface area contributed by atoms with Gasteiger partial charge in [0.15, 0.2) is 22.7 Å². The number of aromatic nitrogens is 1. The first-order valence-electron chi connectivity index (χ1n) is 8.19. The van der Waals surface area contributed by atoms with Crippen molar-refractivity contribution >= 4 is 11.7 Å². The molecule has 2 rings (SSSR count). The summed E-state index contributed by atoms with van der Waals surface area (Å²) in [4.78, 5) is 38.9. The fraction of sp³-hybridized carbons (Fsp3) is 0.316. The maximum Gasteiger partial charge on any atom is 0.251 e. The largest absolute Gasteiger partial charge is 0.493 e. The summed E-state index contributed by atoms with van der Waals surface area (Å²) in [7, 11) is 2.96. The molecule has 0 bridgehead atoms. The van der Waals surface area contributed by atoms with Crippen molar-refractivity contribution in [2.24, 2.45) is 0 Å². The van der Waals surface area contributed by atoms with Gasteiger partial charge in [-0.2, -0.15) is 0 Å². The lowest BCUT2D eigenvalue weighted by atomic mass is 10.1. The molecule has 1 heterocycles. The van der Waals surface area contributed by atoms with Gasteiger partial charge in [-0.3, -0.25) is 14.4 Å². The van der Waals surface area contributed by atoms with Gasteiger partial charge in [0.2, 0.25) is 0 Å². The molecule has 0 radical (unpaired) electrons. The van der Waals surface area contributed by atoms with E-state index in [1.54, 1.807) is 19.1 Å². The quantitative estimate of drug-likeness (QED) is 0.771. The summed E-state index contributed by atoms with van der Waals surface area (Å²) in [5.41, 5.74) is 0.424. The molecule has 0 fully saturated rings. The van der Waals surface area contributed by atoms with Gasteiger partial charge in [0, 0.05) is 23.5 Å². The molecule has 0 saturated heterocycles. The van der Waals surface area contributed by atoms with Crippen LogP contribution >= 0.6 is 0 Å². The first-order chi connectivity index (χ1) is 12.5.